The van der Waals surface area contributed by atoms with E-state index in [9.17, 15) is 13.7 Å². The second-order valence-electron chi connectivity index (χ2n) is 5.19. The largest absolute Gasteiger partial charge is 0.365 e. The van der Waals surface area contributed by atoms with Crippen LogP contribution in [0, 0.1) is 25.2 Å². The van der Waals surface area contributed by atoms with Crippen LogP contribution in [0.2, 0.25) is 0 Å². The topological polar surface area (TPSA) is 82.9 Å². The SMILES string of the molecule is Cc1cc(C)c(C#N)c(NCc2ccc(S(C)(=O)=O)cc2)n1. The van der Waals surface area contributed by atoms with Crippen LogP contribution in [0.15, 0.2) is 35.2 Å². The summed E-state index contributed by atoms with van der Waals surface area (Å²) in [6.45, 7) is 4.22. The molecule has 0 aliphatic heterocycles. The minimum absolute atomic E-state index is 0.290. The van der Waals surface area contributed by atoms with Crippen molar-refractivity contribution in [1.29, 1.82) is 5.26 Å². The Morgan fingerprint density at radius 2 is 1.86 bits per heavy atom. The predicted molar refractivity (Wildman–Crippen MR) is 85.3 cm³/mol. The molecule has 2 rings (SSSR count). The van der Waals surface area contributed by atoms with Crippen molar-refractivity contribution in [2.75, 3.05) is 11.6 Å². The van der Waals surface area contributed by atoms with Crippen molar-refractivity contribution in [3.8, 4) is 6.07 Å². The highest BCUT2D eigenvalue weighted by Crippen LogP contribution is 2.18. The van der Waals surface area contributed by atoms with Gasteiger partial charge < -0.3 is 5.32 Å². The van der Waals surface area contributed by atoms with Crippen molar-refractivity contribution in [2.24, 2.45) is 0 Å². The summed E-state index contributed by atoms with van der Waals surface area (Å²) in [4.78, 5) is 4.64. The first kappa shape index (κ1) is 16.0. The first-order chi connectivity index (χ1) is 10.3. The van der Waals surface area contributed by atoms with E-state index in [1.165, 1.54) is 6.26 Å². The molecule has 6 heteroatoms. The van der Waals surface area contributed by atoms with Crippen molar-refractivity contribution in [3.63, 3.8) is 0 Å². The molecule has 0 saturated carbocycles. The van der Waals surface area contributed by atoms with Crippen molar-refractivity contribution < 1.29 is 8.42 Å². The van der Waals surface area contributed by atoms with E-state index in [0.717, 1.165) is 16.8 Å². The average molecular weight is 315 g/mol. The van der Waals surface area contributed by atoms with Gasteiger partial charge in [-0.3, -0.25) is 0 Å². The Morgan fingerprint density at radius 3 is 2.41 bits per heavy atom. The van der Waals surface area contributed by atoms with Gasteiger partial charge in [0.25, 0.3) is 0 Å². The lowest BCUT2D eigenvalue weighted by Gasteiger charge is -2.10. The zero-order valence-electron chi connectivity index (χ0n) is 12.7. The van der Waals surface area contributed by atoms with Crippen LogP contribution in [0.1, 0.15) is 22.4 Å². The molecular formula is C16H17N3O2S. The van der Waals surface area contributed by atoms with E-state index in [-0.39, 0.29) is 0 Å². The zero-order chi connectivity index (χ0) is 16.3. The van der Waals surface area contributed by atoms with E-state index in [2.05, 4.69) is 16.4 Å². The fraction of sp³-hybridized carbons (Fsp3) is 0.250. The molecule has 0 aliphatic rings. The van der Waals surface area contributed by atoms with E-state index in [0.29, 0.717) is 22.8 Å². The number of hydrogen-bond donors (Lipinski definition) is 1. The third-order valence-electron chi connectivity index (χ3n) is 3.27. The molecule has 0 amide bonds. The van der Waals surface area contributed by atoms with E-state index in [1.807, 2.05) is 19.9 Å². The smallest absolute Gasteiger partial charge is 0.175 e. The fourth-order valence-electron chi connectivity index (χ4n) is 2.15. The first-order valence-electron chi connectivity index (χ1n) is 6.72. The standard InChI is InChI=1S/C16H17N3O2S/c1-11-8-12(2)19-16(15(11)9-17)18-10-13-4-6-14(7-5-13)22(3,20)21/h4-8H,10H2,1-3H3,(H,18,19). The highest BCUT2D eigenvalue weighted by molar-refractivity contribution is 7.90. The molecule has 0 unspecified atom stereocenters. The Labute approximate surface area is 130 Å². The summed E-state index contributed by atoms with van der Waals surface area (Å²) in [7, 11) is -3.18. The molecule has 0 spiro atoms. The number of aryl methyl sites for hydroxylation is 2. The first-order valence-corrected chi connectivity index (χ1v) is 8.61. The van der Waals surface area contributed by atoms with Crippen molar-refractivity contribution in [3.05, 3.63) is 52.7 Å². The van der Waals surface area contributed by atoms with Crippen LogP contribution >= 0.6 is 0 Å². The maximum atomic E-state index is 11.4. The summed E-state index contributed by atoms with van der Waals surface area (Å²) in [5.41, 5.74) is 3.16. The quantitative estimate of drug-likeness (QED) is 0.937. The molecule has 1 N–H and O–H groups in total. The van der Waals surface area contributed by atoms with Crippen LogP contribution in [0.3, 0.4) is 0 Å². The van der Waals surface area contributed by atoms with Gasteiger partial charge in [-0.2, -0.15) is 5.26 Å². The second kappa shape index (κ2) is 6.16. The second-order valence-corrected chi connectivity index (χ2v) is 7.20. The maximum absolute atomic E-state index is 11.4. The van der Waals surface area contributed by atoms with Gasteiger partial charge in [0.05, 0.1) is 10.5 Å². The number of sulfone groups is 1. The fourth-order valence-corrected chi connectivity index (χ4v) is 2.78. The highest BCUT2D eigenvalue weighted by Gasteiger charge is 2.09. The molecular weight excluding hydrogens is 298 g/mol. The normalized spacial score (nSPS) is 11.0. The lowest BCUT2D eigenvalue weighted by Crippen LogP contribution is -2.06. The van der Waals surface area contributed by atoms with Crippen LogP contribution in [-0.4, -0.2) is 19.7 Å². The zero-order valence-corrected chi connectivity index (χ0v) is 13.5. The van der Waals surface area contributed by atoms with Gasteiger partial charge in [-0.1, -0.05) is 12.1 Å². The number of aromatic nitrogens is 1. The van der Waals surface area contributed by atoms with Gasteiger partial charge in [-0.15, -0.1) is 0 Å². The molecule has 0 fully saturated rings. The monoisotopic (exact) mass is 315 g/mol. The number of rotatable bonds is 4. The Kier molecular flexibility index (Phi) is 4.48. The summed E-state index contributed by atoms with van der Waals surface area (Å²) in [5.74, 6) is 0.548. The molecule has 114 valence electrons. The molecule has 1 heterocycles. The summed E-state index contributed by atoms with van der Waals surface area (Å²) >= 11 is 0. The molecule has 1 aromatic carbocycles. The van der Waals surface area contributed by atoms with Gasteiger partial charge in [-0.05, 0) is 43.2 Å². The number of nitrogens with one attached hydrogen (secondary N) is 1. The Hall–Kier alpha value is -2.39. The lowest BCUT2D eigenvalue weighted by atomic mass is 10.1. The molecule has 0 saturated heterocycles. The summed E-state index contributed by atoms with van der Waals surface area (Å²) in [5, 5.41) is 12.4. The number of hydrogen-bond acceptors (Lipinski definition) is 5. The van der Waals surface area contributed by atoms with Crippen molar-refractivity contribution >= 4 is 15.7 Å². The van der Waals surface area contributed by atoms with Gasteiger partial charge in [0.2, 0.25) is 0 Å². The number of pyridine rings is 1. The number of anilines is 1. The van der Waals surface area contributed by atoms with Crippen LogP contribution in [-0.2, 0) is 16.4 Å². The van der Waals surface area contributed by atoms with Crippen LogP contribution in [0.25, 0.3) is 0 Å². The Morgan fingerprint density at radius 1 is 1.23 bits per heavy atom. The van der Waals surface area contributed by atoms with E-state index in [4.69, 9.17) is 0 Å². The average Bonchev–Trinajstić information content (AvgIpc) is 2.44. The Balaban J connectivity index is 2.19. The minimum Gasteiger partial charge on any atom is -0.365 e. The van der Waals surface area contributed by atoms with Gasteiger partial charge in [-0.25, -0.2) is 13.4 Å². The summed E-state index contributed by atoms with van der Waals surface area (Å²) in [6, 6.07) is 10.7. The third kappa shape index (κ3) is 3.62. The number of nitriles is 1. The molecule has 0 bridgehead atoms. The molecule has 0 radical (unpaired) electrons. The molecule has 0 aliphatic carbocycles. The third-order valence-corrected chi connectivity index (χ3v) is 4.40. The molecule has 2 aromatic rings. The number of nitrogens with zero attached hydrogens (tertiary/aromatic N) is 2. The Bertz CT molecular complexity index is 835. The van der Waals surface area contributed by atoms with Crippen LogP contribution < -0.4 is 5.32 Å². The summed E-state index contributed by atoms with van der Waals surface area (Å²) < 4.78 is 22.8. The molecule has 1 aromatic heterocycles. The minimum atomic E-state index is -3.18. The molecule has 0 atom stereocenters. The van der Waals surface area contributed by atoms with Gasteiger partial charge in [0, 0.05) is 18.5 Å². The van der Waals surface area contributed by atoms with Crippen LogP contribution in [0.5, 0.6) is 0 Å². The van der Waals surface area contributed by atoms with Crippen LogP contribution in [0.4, 0.5) is 5.82 Å². The highest BCUT2D eigenvalue weighted by atomic mass is 32.2. The van der Waals surface area contributed by atoms with Crippen molar-refractivity contribution in [2.45, 2.75) is 25.3 Å². The lowest BCUT2D eigenvalue weighted by molar-refractivity contribution is 0.602. The van der Waals surface area contributed by atoms with Crippen molar-refractivity contribution in [1.82, 2.24) is 4.98 Å². The van der Waals surface area contributed by atoms with E-state index < -0.39 is 9.84 Å². The van der Waals surface area contributed by atoms with Gasteiger partial charge >= 0.3 is 0 Å². The van der Waals surface area contributed by atoms with E-state index >= 15 is 0 Å². The van der Waals surface area contributed by atoms with Gasteiger partial charge in [0.1, 0.15) is 11.9 Å². The predicted octanol–water partition coefficient (Wildman–Crippen LogP) is 2.59. The maximum Gasteiger partial charge on any atom is 0.175 e. The van der Waals surface area contributed by atoms with E-state index in [1.54, 1.807) is 24.3 Å². The molecule has 5 nitrogen and oxygen atoms in total. The molecule has 22 heavy (non-hydrogen) atoms. The summed E-state index contributed by atoms with van der Waals surface area (Å²) in [6.07, 6.45) is 1.18. The number of benzene rings is 1. The van der Waals surface area contributed by atoms with Gasteiger partial charge in [0.15, 0.2) is 9.84 Å².